The van der Waals surface area contributed by atoms with Crippen LogP contribution in [0, 0.1) is 0 Å². The first-order valence-corrected chi connectivity index (χ1v) is 4.91. The molecular formula is C10H26CuN2O2+2. The zero-order valence-corrected chi connectivity index (χ0v) is 11.6. The van der Waals surface area contributed by atoms with E-state index >= 15 is 0 Å². The van der Waals surface area contributed by atoms with Gasteiger partial charge in [-0.05, 0) is 42.0 Å². The summed E-state index contributed by atoms with van der Waals surface area (Å²) in [7, 11) is 7.75. The summed E-state index contributed by atoms with van der Waals surface area (Å²) in [5, 5.41) is 17.4. The van der Waals surface area contributed by atoms with Gasteiger partial charge in [-0.15, -0.1) is 0 Å². The Morgan fingerprint density at radius 1 is 0.800 bits per heavy atom. The summed E-state index contributed by atoms with van der Waals surface area (Å²) in [6.45, 7) is 5.06. The molecule has 0 aliphatic carbocycles. The Bertz CT molecular complexity index is 94.0. The molecule has 4 nitrogen and oxygen atoms in total. The minimum Gasteiger partial charge on any atom is -0.392 e. The molecule has 0 rings (SSSR count). The smallest absolute Gasteiger partial charge is 0.392 e. The normalized spacial score (nSPS) is 14.0. The number of aliphatic hydroxyl groups excluding tert-OH is 2. The molecule has 2 unspecified atom stereocenters. The van der Waals surface area contributed by atoms with Gasteiger partial charge in [0.2, 0.25) is 0 Å². The molecule has 0 spiro atoms. The third-order valence-corrected chi connectivity index (χ3v) is 1.26. The van der Waals surface area contributed by atoms with E-state index in [1.807, 2.05) is 38.0 Å². The Morgan fingerprint density at radius 3 is 1.00 bits per heavy atom. The molecule has 0 aliphatic heterocycles. The van der Waals surface area contributed by atoms with E-state index in [0.29, 0.717) is 0 Å². The Hall–Kier alpha value is 0.359. The summed E-state index contributed by atoms with van der Waals surface area (Å²) >= 11 is 0. The zero-order chi connectivity index (χ0) is 11.7. The van der Waals surface area contributed by atoms with E-state index in [-0.39, 0.29) is 29.3 Å². The molecule has 1 radical (unpaired) electrons. The first kappa shape index (κ1) is 20.7. The standard InChI is InChI=1S/2C5H13NO.Cu/c2*1-5(7)4-6(2)3;/h2*5,7H,4H2,1-3H3;/q;;+2. The molecule has 0 saturated carbocycles. The Kier molecular flexibility index (Phi) is 17.2. The predicted octanol–water partition coefficient (Wildman–Crippen LogP) is -0.145. The molecule has 0 saturated heterocycles. The molecule has 0 aromatic carbocycles. The van der Waals surface area contributed by atoms with Crippen molar-refractivity contribution < 1.29 is 27.3 Å². The fourth-order valence-corrected chi connectivity index (χ4v) is 1.06. The van der Waals surface area contributed by atoms with Gasteiger partial charge in [-0.25, -0.2) is 0 Å². The number of hydrogen-bond acceptors (Lipinski definition) is 4. The third kappa shape index (κ3) is 31.4. The summed E-state index contributed by atoms with van der Waals surface area (Å²) in [5.74, 6) is 0. The van der Waals surface area contributed by atoms with E-state index in [9.17, 15) is 0 Å². The molecule has 2 N–H and O–H groups in total. The van der Waals surface area contributed by atoms with Crippen LogP contribution in [-0.2, 0) is 17.1 Å². The van der Waals surface area contributed by atoms with Crippen molar-refractivity contribution in [1.82, 2.24) is 9.80 Å². The van der Waals surface area contributed by atoms with Crippen molar-refractivity contribution in [3.8, 4) is 0 Å². The maximum atomic E-state index is 8.68. The Morgan fingerprint density at radius 2 is 1.00 bits per heavy atom. The van der Waals surface area contributed by atoms with Gasteiger partial charge in [0, 0.05) is 13.1 Å². The van der Waals surface area contributed by atoms with Crippen molar-refractivity contribution >= 4 is 0 Å². The molecule has 0 heterocycles. The molecule has 2 atom stereocenters. The van der Waals surface area contributed by atoms with E-state index in [1.165, 1.54) is 0 Å². The summed E-state index contributed by atoms with van der Waals surface area (Å²) < 4.78 is 0. The second-order valence-electron chi connectivity index (χ2n) is 4.22. The van der Waals surface area contributed by atoms with E-state index in [2.05, 4.69) is 0 Å². The average molecular weight is 270 g/mol. The average Bonchev–Trinajstić information content (AvgIpc) is 1.79. The fourth-order valence-electron chi connectivity index (χ4n) is 1.06. The number of likely N-dealkylation sites (N-methyl/N-ethyl adjacent to an activating group) is 2. The minimum absolute atomic E-state index is 0. The van der Waals surface area contributed by atoms with Gasteiger partial charge >= 0.3 is 17.1 Å². The van der Waals surface area contributed by atoms with Crippen molar-refractivity contribution in [2.75, 3.05) is 41.3 Å². The minimum atomic E-state index is -0.199. The van der Waals surface area contributed by atoms with Crippen molar-refractivity contribution in [2.24, 2.45) is 0 Å². The van der Waals surface area contributed by atoms with E-state index in [0.717, 1.165) is 13.1 Å². The van der Waals surface area contributed by atoms with Crippen LogP contribution in [0.3, 0.4) is 0 Å². The van der Waals surface area contributed by atoms with Crippen LogP contribution in [-0.4, -0.2) is 73.5 Å². The monoisotopic (exact) mass is 269 g/mol. The summed E-state index contributed by atoms with van der Waals surface area (Å²) in [4.78, 5) is 3.90. The molecule has 0 aromatic heterocycles. The van der Waals surface area contributed by atoms with Crippen LogP contribution >= 0.6 is 0 Å². The van der Waals surface area contributed by atoms with Gasteiger partial charge in [0.15, 0.2) is 0 Å². The predicted molar refractivity (Wildman–Crippen MR) is 60.5 cm³/mol. The van der Waals surface area contributed by atoms with Gasteiger partial charge in [0.25, 0.3) is 0 Å². The van der Waals surface area contributed by atoms with Gasteiger partial charge in [-0.2, -0.15) is 0 Å². The molecule has 97 valence electrons. The zero-order valence-electron chi connectivity index (χ0n) is 10.7. The van der Waals surface area contributed by atoms with Crippen molar-refractivity contribution in [1.29, 1.82) is 0 Å². The molecule has 0 aromatic rings. The van der Waals surface area contributed by atoms with Crippen LogP contribution in [0.1, 0.15) is 13.8 Å². The Labute approximate surface area is 105 Å². The molecule has 0 aliphatic rings. The molecule has 0 bridgehead atoms. The van der Waals surface area contributed by atoms with Crippen LogP contribution in [0.2, 0.25) is 0 Å². The number of hydrogen-bond donors (Lipinski definition) is 2. The first-order chi connectivity index (χ1) is 6.25. The van der Waals surface area contributed by atoms with Gasteiger partial charge in [0.05, 0.1) is 12.2 Å². The number of rotatable bonds is 4. The SMILES string of the molecule is CC(O)CN(C)C.CC(O)CN(C)C.[Cu+2]. The largest absolute Gasteiger partial charge is 2.00 e. The van der Waals surface area contributed by atoms with E-state index < -0.39 is 0 Å². The van der Waals surface area contributed by atoms with E-state index in [4.69, 9.17) is 10.2 Å². The van der Waals surface area contributed by atoms with Gasteiger partial charge in [-0.1, -0.05) is 0 Å². The first-order valence-electron chi connectivity index (χ1n) is 4.91. The molecule has 0 amide bonds. The molecule has 5 heteroatoms. The maximum Gasteiger partial charge on any atom is 2.00 e. The second-order valence-corrected chi connectivity index (χ2v) is 4.22. The molecule has 0 fully saturated rings. The molecular weight excluding hydrogens is 244 g/mol. The van der Waals surface area contributed by atoms with Crippen LogP contribution in [0.4, 0.5) is 0 Å². The topological polar surface area (TPSA) is 46.9 Å². The summed E-state index contributed by atoms with van der Waals surface area (Å²) in [6, 6.07) is 0. The van der Waals surface area contributed by atoms with Crippen molar-refractivity contribution in [2.45, 2.75) is 26.1 Å². The van der Waals surface area contributed by atoms with Crippen LogP contribution in [0.5, 0.6) is 0 Å². The van der Waals surface area contributed by atoms with Gasteiger partial charge in [0.1, 0.15) is 0 Å². The Balaban J connectivity index is -0.000000180. The van der Waals surface area contributed by atoms with Crippen molar-refractivity contribution in [3.05, 3.63) is 0 Å². The van der Waals surface area contributed by atoms with Crippen LogP contribution < -0.4 is 0 Å². The quantitative estimate of drug-likeness (QED) is 0.698. The third-order valence-electron chi connectivity index (χ3n) is 1.26. The second kappa shape index (κ2) is 12.4. The van der Waals surface area contributed by atoms with E-state index in [1.54, 1.807) is 13.8 Å². The number of nitrogens with zero attached hydrogens (tertiary/aromatic N) is 2. The van der Waals surface area contributed by atoms with Gasteiger partial charge in [-0.3, -0.25) is 0 Å². The maximum absolute atomic E-state index is 8.68. The molecule has 15 heavy (non-hydrogen) atoms. The fraction of sp³-hybridized carbons (Fsp3) is 1.00. The van der Waals surface area contributed by atoms with Crippen LogP contribution in [0.15, 0.2) is 0 Å². The van der Waals surface area contributed by atoms with Crippen LogP contribution in [0.25, 0.3) is 0 Å². The number of aliphatic hydroxyl groups is 2. The summed E-state index contributed by atoms with van der Waals surface area (Å²) in [5.41, 5.74) is 0. The van der Waals surface area contributed by atoms with Crippen molar-refractivity contribution in [3.63, 3.8) is 0 Å². The van der Waals surface area contributed by atoms with Gasteiger partial charge < -0.3 is 20.0 Å². The summed E-state index contributed by atoms with van der Waals surface area (Å²) in [6.07, 6.45) is -0.398.